The van der Waals surface area contributed by atoms with Crippen LogP contribution in [0.5, 0.6) is 0 Å². The van der Waals surface area contributed by atoms with Crippen LogP contribution in [0.1, 0.15) is 12.5 Å². The van der Waals surface area contributed by atoms with E-state index in [1.54, 1.807) is 6.92 Å². The van der Waals surface area contributed by atoms with Gasteiger partial charge in [-0.05, 0) is 31.2 Å². The minimum atomic E-state index is -3.36. The lowest BCUT2D eigenvalue weighted by Crippen LogP contribution is -2.19. The van der Waals surface area contributed by atoms with Gasteiger partial charge in [0.2, 0.25) is 0 Å². The maximum absolute atomic E-state index is 11.8. The molecule has 3 nitrogen and oxygen atoms in total. The lowest BCUT2D eigenvalue weighted by atomic mass is 10.2. The summed E-state index contributed by atoms with van der Waals surface area (Å²) >= 11 is 5.51. The molecule has 0 aliphatic heterocycles. The highest BCUT2D eigenvalue weighted by Crippen LogP contribution is 2.17. The van der Waals surface area contributed by atoms with Gasteiger partial charge in [0.25, 0.3) is 0 Å². The van der Waals surface area contributed by atoms with Crippen molar-refractivity contribution in [1.29, 1.82) is 5.26 Å². The Kier molecular flexibility index (Phi) is 3.72. The summed E-state index contributed by atoms with van der Waals surface area (Å²) in [7, 11) is -3.36. The predicted octanol–water partition coefficient (Wildman–Crippen LogP) is 1.96. The fourth-order valence-corrected chi connectivity index (χ4v) is 2.68. The number of hydrogen-bond acceptors (Lipinski definition) is 3. The van der Waals surface area contributed by atoms with Crippen molar-refractivity contribution in [2.24, 2.45) is 0 Å². The summed E-state index contributed by atoms with van der Waals surface area (Å²) in [5.74, 6) is 0.0579. The average molecular weight is 244 g/mol. The smallest absolute Gasteiger partial charge is 0.182 e. The highest BCUT2D eigenvalue weighted by molar-refractivity contribution is 7.92. The number of halogens is 1. The second-order valence-corrected chi connectivity index (χ2v) is 5.82. The first-order chi connectivity index (χ1) is 7.02. The number of nitriles is 1. The van der Waals surface area contributed by atoms with Crippen LogP contribution in [0.3, 0.4) is 0 Å². The van der Waals surface area contributed by atoms with E-state index in [0.29, 0.717) is 5.56 Å². The molecular formula is C10H10ClNO2S. The Morgan fingerprint density at radius 2 is 1.93 bits per heavy atom. The summed E-state index contributed by atoms with van der Waals surface area (Å²) in [6.45, 7) is 1.56. The van der Waals surface area contributed by atoms with E-state index in [1.165, 1.54) is 24.3 Å². The number of benzene rings is 1. The van der Waals surface area contributed by atoms with Crippen LogP contribution >= 0.6 is 11.6 Å². The van der Waals surface area contributed by atoms with Crippen LogP contribution in [-0.2, 0) is 9.84 Å². The fraction of sp³-hybridized carbons (Fsp3) is 0.300. The van der Waals surface area contributed by atoms with Crippen LogP contribution < -0.4 is 0 Å². The third-order valence-electron chi connectivity index (χ3n) is 2.06. The van der Waals surface area contributed by atoms with Crippen LogP contribution in [0.4, 0.5) is 0 Å². The fourth-order valence-electron chi connectivity index (χ4n) is 1.03. The third kappa shape index (κ3) is 2.49. The molecular weight excluding hydrogens is 234 g/mol. The maximum atomic E-state index is 11.8. The van der Waals surface area contributed by atoms with Crippen LogP contribution in [0.15, 0.2) is 29.2 Å². The van der Waals surface area contributed by atoms with Crippen LogP contribution in [0, 0.1) is 11.3 Å². The molecule has 0 N–H and O–H groups in total. The Hall–Kier alpha value is -1.05. The lowest BCUT2D eigenvalue weighted by molar-refractivity contribution is 0.588. The number of alkyl halides is 1. The molecule has 1 aromatic carbocycles. The first kappa shape index (κ1) is 12.0. The molecule has 1 atom stereocenters. The zero-order valence-electron chi connectivity index (χ0n) is 8.14. The molecule has 0 heterocycles. The molecule has 0 fully saturated rings. The van der Waals surface area contributed by atoms with E-state index in [4.69, 9.17) is 16.9 Å². The SMILES string of the molecule is CC(CCl)S(=O)(=O)c1ccc(C#N)cc1. The van der Waals surface area contributed by atoms with E-state index in [2.05, 4.69) is 0 Å². The summed E-state index contributed by atoms with van der Waals surface area (Å²) in [6, 6.07) is 7.74. The Morgan fingerprint density at radius 3 is 2.33 bits per heavy atom. The largest absolute Gasteiger partial charge is 0.223 e. The van der Waals surface area contributed by atoms with Gasteiger partial charge in [0.15, 0.2) is 9.84 Å². The molecule has 80 valence electrons. The molecule has 15 heavy (non-hydrogen) atoms. The predicted molar refractivity (Wildman–Crippen MR) is 58.5 cm³/mol. The normalized spacial score (nSPS) is 13.1. The summed E-state index contributed by atoms with van der Waals surface area (Å²) in [6.07, 6.45) is 0. The Bertz CT molecular complexity index is 473. The van der Waals surface area contributed by atoms with E-state index in [1.807, 2.05) is 6.07 Å². The molecule has 0 aliphatic rings. The van der Waals surface area contributed by atoms with Gasteiger partial charge >= 0.3 is 0 Å². The molecule has 0 bridgehead atoms. The molecule has 1 rings (SSSR count). The first-order valence-corrected chi connectivity index (χ1v) is 6.40. The highest BCUT2D eigenvalue weighted by atomic mass is 35.5. The lowest BCUT2D eigenvalue weighted by Gasteiger charge is -2.09. The summed E-state index contributed by atoms with van der Waals surface area (Å²) < 4.78 is 23.6. The van der Waals surface area contributed by atoms with Crippen LogP contribution in [-0.4, -0.2) is 19.5 Å². The second kappa shape index (κ2) is 4.65. The van der Waals surface area contributed by atoms with Crippen molar-refractivity contribution < 1.29 is 8.42 Å². The Labute approximate surface area is 94.2 Å². The van der Waals surface area contributed by atoms with Gasteiger partial charge in [0.05, 0.1) is 21.8 Å². The number of hydrogen-bond donors (Lipinski definition) is 0. The van der Waals surface area contributed by atoms with Crippen molar-refractivity contribution in [3.8, 4) is 6.07 Å². The van der Waals surface area contributed by atoms with Gasteiger partial charge in [-0.25, -0.2) is 8.42 Å². The number of rotatable bonds is 3. The van der Waals surface area contributed by atoms with Gasteiger partial charge in [-0.1, -0.05) is 0 Å². The molecule has 0 spiro atoms. The van der Waals surface area contributed by atoms with Crippen molar-refractivity contribution in [1.82, 2.24) is 0 Å². The highest BCUT2D eigenvalue weighted by Gasteiger charge is 2.21. The summed E-state index contributed by atoms with van der Waals surface area (Å²) in [4.78, 5) is 0.203. The molecule has 1 unspecified atom stereocenters. The van der Waals surface area contributed by atoms with Crippen molar-refractivity contribution in [3.63, 3.8) is 0 Å². The van der Waals surface area contributed by atoms with Crippen molar-refractivity contribution >= 4 is 21.4 Å². The Morgan fingerprint density at radius 1 is 1.40 bits per heavy atom. The standard InChI is InChI=1S/C10H10ClNO2S/c1-8(6-11)15(13,14)10-4-2-9(7-12)3-5-10/h2-5,8H,6H2,1H3. The molecule has 0 amide bonds. The molecule has 0 radical (unpaired) electrons. The molecule has 0 saturated heterocycles. The quantitative estimate of drug-likeness (QED) is 0.763. The average Bonchev–Trinajstić information content (AvgIpc) is 2.28. The van der Waals surface area contributed by atoms with Gasteiger partial charge in [-0.3, -0.25) is 0 Å². The van der Waals surface area contributed by atoms with Gasteiger partial charge in [0, 0.05) is 5.88 Å². The minimum absolute atomic E-state index is 0.0579. The second-order valence-electron chi connectivity index (χ2n) is 3.15. The Balaban J connectivity index is 3.13. The van der Waals surface area contributed by atoms with Crippen molar-refractivity contribution in [3.05, 3.63) is 29.8 Å². The topological polar surface area (TPSA) is 57.9 Å². The van der Waals surface area contributed by atoms with E-state index < -0.39 is 15.1 Å². The monoisotopic (exact) mass is 243 g/mol. The van der Waals surface area contributed by atoms with Gasteiger partial charge < -0.3 is 0 Å². The van der Waals surface area contributed by atoms with Crippen LogP contribution in [0.25, 0.3) is 0 Å². The molecule has 5 heteroatoms. The van der Waals surface area contributed by atoms with Gasteiger partial charge in [0.1, 0.15) is 0 Å². The van der Waals surface area contributed by atoms with Gasteiger partial charge in [-0.15, -0.1) is 11.6 Å². The third-order valence-corrected chi connectivity index (χ3v) is 4.86. The van der Waals surface area contributed by atoms with Gasteiger partial charge in [-0.2, -0.15) is 5.26 Å². The molecule has 0 aromatic heterocycles. The number of sulfone groups is 1. The van der Waals surface area contributed by atoms with E-state index in [0.717, 1.165) is 0 Å². The van der Waals surface area contributed by atoms with E-state index in [9.17, 15) is 8.42 Å². The minimum Gasteiger partial charge on any atom is -0.223 e. The molecule has 1 aromatic rings. The van der Waals surface area contributed by atoms with Crippen molar-refractivity contribution in [2.75, 3.05) is 5.88 Å². The summed E-state index contributed by atoms with van der Waals surface area (Å²) in [5, 5.41) is 7.95. The zero-order valence-corrected chi connectivity index (χ0v) is 9.72. The zero-order chi connectivity index (χ0) is 11.5. The first-order valence-electron chi connectivity index (χ1n) is 4.32. The number of nitrogens with zero attached hydrogens (tertiary/aromatic N) is 1. The van der Waals surface area contributed by atoms with E-state index in [-0.39, 0.29) is 10.8 Å². The van der Waals surface area contributed by atoms with Crippen LogP contribution in [0.2, 0.25) is 0 Å². The van der Waals surface area contributed by atoms with Crippen molar-refractivity contribution in [2.45, 2.75) is 17.1 Å². The molecule has 0 aliphatic carbocycles. The summed E-state index contributed by atoms with van der Waals surface area (Å²) in [5.41, 5.74) is 0.437. The van der Waals surface area contributed by atoms with E-state index >= 15 is 0 Å². The molecule has 0 saturated carbocycles. The maximum Gasteiger partial charge on any atom is 0.182 e.